The molecule has 1 heterocycles. The molecule has 104 valence electrons. The Morgan fingerprint density at radius 3 is 2.14 bits per heavy atom. The fraction of sp³-hybridized carbons (Fsp3) is 0.0588. The topological polar surface area (TPSA) is 61.0 Å². The second kappa shape index (κ2) is 5.63. The van der Waals surface area contributed by atoms with E-state index in [4.69, 9.17) is 10.5 Å². The number of anilines is 1. The molecule has 0 amide bonds. The van der Waals surface area contributed by atoms with Gasteiger partial charge in [-0.15, -0.1) is 0 Å². The molecule has 0 radical (unpaired) electrons. The smallest absolute Gasteiger partial charge is 0.134 e. The Labute approximate surface area is 123 Å². The number of hydrogen-bond acceptors (Lipinski definition) is 4. The largest absolute Gasteiger partial charge is 0.457 e. The van der Waals surface area contributed by atoms with Gasteiger partial charge in [0, 0.05) is 11.8 Å². The van der Waals surface area contributed by atoms with Gasteiger partial charge in [-0.3, -0.25) is 0 Å². The molecular weight excluding hydrogens is 262 g/mol. The van der Waals surface area contributed by atoms with Crippen molar-refractivity contribution in [3.8, 4) is 22.6 Å². The van der Waals surface area contributed by atoms with E-state index >= 15 is 0 Å². The Hall–Kier alpha value is -2.88. The Morgan fingerprint density at radius 2 is 1.52 bits per heavy atom. The number of nitrogens with two attached hydrogens (primary N) is 1. The van der Waals surface area contributed by atoms with Crippen molar-refractivity contribution >= 4 is 5.82 Å². The maximum absolute atomic E-state index is 5.85. The fourth-order valence-electron chi connectivity index (χ4n) is 2.01. The summed E-state index contributed by atoms with van der Waals surface area (Å²) >= 11 is 0. The summed E-state index contributed by atoms with van der Waals surface area (Å²) in [5, 5.41) is 0. The summed E-state index contributed by atoms with van der Waals surface area (Å²) in [5.74, 6) is 2.06. The number of benzene rings is 2. The van der Waals surface area contributed by atoms with Crippen LogP contribution >= 0.6 is 0 Å². The molecule has 0 spiro atoms. The van der Waals surface area contributed by atoms with Crippen molar-refractivity contribution in [2.24, 2.45) is 0 Å². The van der Waals surface area contributed by atoms with Crippen molar-refractivity contribution in [2.75, 3.05) is 5.73 Å². The molecule has 0 saturated heterocycles. The molecule has 2 N–H and O–H groups in total. The highest BCUT2D eigenvalue weighted by Gasteiger charge is 2.04. The molecule has 4 heteroatoms. The van der Waals surface area contributed by atoms with Crippen LogP contribution in [0.15, 0.2) is 61.1 Å². The first-order valence-electron chi connectivity index (χ1n) is 6.63. The quantitative estimate of drug-likeness (QED) is 0.790. The molecule has 0 atom stereocenters. The zero-order valence-corrected chi connectivity index (χ0v) is 11.7. The van der Waals surface area contributed by atoms with E-state index in [0.717, 1.165) is 22.6 Å². The standard InChI is InChI=1S/C17H15N3O/c1-12-2-6-14(7-3-12)21-15-8-4-13(5-9-15)16-10-19-11-20-17(16)18/h2-11H,1H3,(H2,18,19,20). The van der Waals surface area contributed by atoms with Crippen LogP contribution in [-0.2, 0) is 0 Å². The third-order valence-corrected chi connectivity index (χ3v) is 3.17. The van der Waals surface area contributed by atoms with Crippen molar-refractivity contribution < 1.29 is 4.74 Å². The Kier molecular flexibility index (Phi) is 3.51. The minimum absolute atomic E-state index is 0.470. The maximum Gasteiger partial charge on any atom is 0.134 e. The molecule has 0 aliphatic heterocycles. The number of ether oxygens (including phenoxy) is 1. The SMILES string of the molecule is Cc1ccc(Oc2ccc(-c3cncnc3N)cc2)cc1. The molecule has 0 aliphatic carbocycles. The Morgan fingerprint density at radius 1 is 0.905 bits per heavy atom. The predicted octanol–water partition coefficient (Wildman–Crippen LogP) is 3.83. The summed E-state index contributed by atoms with van der Waals surface area (Å²) in [6, 6.07) is 15.6. The molecule has 1 aromatic heterocycles. The molecule has 0 unspecified atom stereocenters. The number of hydrogen-bond donors (Lipinski definition) is 1. The second-order valence-corrected chi connectivity index (χ2v) is 4.76. The number of aryl methyl sites for hydroxylation is 1. The van der Waals surface area contributed by atoms with Crippen LogP contribution in [0.1, 0.15) is 5.56 Å². The first-order chi connectivity index (χ1) is 10.2. The van der Waals surface area contributed by atoms with Crippen LogP contribution in [0.3, 0.4) is 0 Å². The molecule has 0 saturated carbocycles. The van der Waals surface area contributed by atoms with Gasteiger partial charge in [0.2, 0.25) is 0 Å². The van der Waals surface area contributed by atoms with Gasteiger partial charge in [0.25, 0.3) is 0 Å². The van der Waals surface area contributed by atoms with Crippen LogP contribution in [0, 0.1) is 6.92 Å². The summed E-state index contributed by atoms with van der Waals surface area (Å²) in [4.78, 5) is 7.99. The highest BCUT2D eigenvalue weighted by Crippen LogP contribution is 2.27. The van der Waals surface area contributed by atoms with Gasteiger partial charge < -0.3 is 10.5 Å². The first-order valence-corrected chi connectivity index (χ1v) is 6.63. The molecule has 3 aromatic rings. The zero-order chi connectivity index (χ0) is 14.7. The summed E-state index contributed by atoms with van der Waals surface area (Å²) < 4.78 is 5.79. The number of nitrogens with zero attached hydrogens (tertiary/aromatic N) is 2. The van der Waals surface area contributed by atoms with Crippen molar-refractivity contribution in [2.45, 2.75) is 6.92 Å². The third kappa shape index (κ3) is 3.00. The molecule has 21 heavy (non-hydrogen) atoms. The molecule has 4 nitrogen and oxygen atoms in total. The van der Waals surface area contributed by atoms with Crippen LogP contribution < -0.4 is 10.5 Å². The first kappa shape index (κ1) is 13.1. The fourth-order valence-corrected chi connectivity index (χ4v) is 2.01. The monoisotopic (exact) mass is 277 g/mol. The van der Waals surface area contributed by atoms with Gasteiger partial charge in [0.15, 0.2) is 0 Å². The van der Waals surface area contributed by atoms with E-state index < -0.39 is 0 Å². The highest BCUT2D eigenvalue weighted by molar-refractivity contribution is 5.72. The van der Waals surface area contributed by atoms with Crippen LogP contribution in [0.25, 0.3) is 11.1 Å². The van der Waals surface area contributed by atoms with Gasteiger partial charge in [-0.1, -0.05) is 29.8 Å². The number of aromatic nitrogens is 2. The normalized spacial score (nSPS) is 10.3. The molecular formula is C17H15N3O. The number of nitrogen functional groups attached to an aromatic ring is 1. The van der Waals surface area contributed by atoms with Gasteiger partial charge in [0.05, 0.1) is 0 Å². The Bertz CT molecular complexity index is 737. The Balaban J connectivity index is 1.81. The summed E-state index contributed by atoms with van der Waals surface area (Å²) in [5.41, 5.74) is 8.83. The molecule has 0 aliphatic rings. The molecule has 2 aromatic carbocycles. The second-order valence-electron chi connectivity index (χ2n) is 4.76. The third-order valence-electron chi connectivity index (χ3n) is 3.17. The van der Waals surface area contributed by atoms with Crippen LogP contribution in [-0.4, -0.2) is 9.97 Å². The zero-order valence-electron chi connectivity index (χ0n) is 11.7. The molecule has 0 fully saturated rings. The number of rotatable bonds is 3. The predicted molar refractivity (Wildman–Crippen MR) is 83.1 cm³/mol. The van der Waals surface area contributed by atoms with E-state index in [1.165, 1.54) is 11.9 Å². The summed E-state index contributed by atoms with van der Waals surface area (Å²) in [6.45, 7) is 2.05. The van der Waals surface area contributed by atoms with Crippen LogP contribution in [0.5, 0.6) is 11.5 Å². The minimum Gasteiger partial charge on any atom is -0.457 e. The van der Waals surface area contributed by atoms with E-state index in [9.17, 15) is 0 Å². The van der Waals surface area contributed by atoms with E-state index in [2.05, 4.69) is 9.97 Å². The maximum atomic E-state index is 5.85. The highest BCUT2D eigenvalue weighted by atomic mass is 16.5. The average Bonchev–Trinajstić information content (AvgIpc) is 2.51. The van der Waals surface area contributed by atoms with Crippen molar-refractivity contribution in [1.82, 2.24) is 9.97 Å². The molecule has 3 rings (SSSR count). The van der Waals surface area contributed by atoms with Gasteiger partial charge >= 0.3 is 0 Å². The van der Waals surface area contributed by atoms with E-state index in [0.29, 0.717) is 5.82 Å². The van der Waals surface area contributed by atoms with E-state index in [1.54, 1.807) is 6.20 Å². The lowest BCUT2D eigenvalue weighted by molar-refractivity contribution is 0.482. The lowest BCUT2D eigenvalue weighted by Gasteiger charge is -2.08. The average molecular weight is 277 g/mol. The van der Waals surface area contributed by atoms with Crippen LogP contribution in [0.4, 0.5) is 5.82 Å². The lowest BCUT2D eigenvalue weighted by Crippen LogP contribution is -1.94. The van der Waals surface area contributed by atoms with Crippen molar-refractivity contribution in [3.63, 3.8) is 0 Å². The van der Waals surface area contributed by atoms with E-state index in [-0.39, 0.29) is 0 Å². The van der Waals surface area contributed by atoms with Crippen molar-refractivity contribution in [1.29, 1.82) is 0 Å². The van der Waals surface area contributed by atoms with E-state index in [1.807, 2.05) is 55.5 Å². The van der Waals surface area contributed by atoms with Crippen LogP contribution in [0.2, 0.25) is 0 Å². The van der Waals surface area contributed by atoms with Crippen molar-refractivity contribution in [3.05, 3.63) is 66.6 Å². The van der Waals surface area contributed by atoms with Gasteiger partial charge in [-0.2, -0.15) is 0 Å². The van der Waals surface area contributed by atoms with Gasteiger partial charge in [0.1, 0.15) is 23.6 Å². The minimum atomic E-state index is 0.470. The summed E-state index contributed by atoms with van der Waals surface area (Å²) in [7, 11) is 0. The lowest BCUT2D eigenvalue weighted by atomic mass is 10.1. The van der Waals surface area contributed by atoms with Gasteiger partial charge in [-0.05, 0) is 36.8 Å². The molecule has 0 bridgehead atoms. The van der Waals surface area contributed by atoms with Gasteiger partial charge in [-0.25, -0.2) is 9.97 Å². The summed E-state index contributed by atoms with van der Waals surface area (Å²) in [6.07, 6.45) is 3.14.